The van der Waals surface area contributed by atoms with E-state index in [9.17, 15) is 13.2 Å². The average Bonchev–Trinajstić information content (AvgIpc) is 3.83. The third-order valence-corrected chi connectivity index (χ3v) is 8.66. The molecule has 1 aliphatic carbocycles. The molecule has 1 aliphatic rings. The second kappa shape index (κ2) is 14.8. The molecule has 46 heavy (non-hydrogen) atoms. The van der Waals surface area contributed by atoms with Crippen molar-refractivity contribution < 1.29 is 22.7 Å². The Labute approximate surface area is 271 Å². The summed E-state index contributed by atoms with van der Waals surface area (Å²) in [5.41, 5.74) is 4.93. The van der Waals surface area contributed by atoms with E-state index in [-0.39, 0.29) is 18.4 Å². The molecule has 0 spiro atoms. The highest BCUT2D eigenvalue weighted by Gasteiger charge is 2.35. The van der Waals surface area contributed by atoms with Crippen LogP contribution in [0.25, 0.3) is 11.8 Å². The SMILES string of the molecule is C=C/C=C(/C=c1\c(=C(/C)N(Cc2ccc(OC)cc2OC)C(=O)C2CC2)ncn1C)N(C)c1cnc(CNS(C)(=O)=O)cc1CC. The van der Waals surface area contributed by atoms with Gasteiger partial charge in [0.2, 0.25) is 15.9 Å². The zero-order valence-corrected chi connectivity index (χ0v) is 28.5. The number of aromatic nitrogens is 3. The number of carbonyl (C=O) groups excluding carboxylic acids is 1. The lowest BCUT2D eigenvalue weighted by Crippen LogP contribution is -2.39. The summed E-state index contributed by atoms with van der Waals surface area (Å²) in [6, 6.07) is 7.52. The number of methoxy groups -OCH3 is 2. The Morgan fingerprint density at radius 1 is 1.17 bits per heavy atom. The van der Waals surface area contributed by atoms with E-state index in [0.717, 1.165) is 52.7 Å². The standard InChI is InChI=1S/C34H44N6O5S/c1-9-11-28(39(5)31-20-35-27(16-24(31)10-2)19-37-46(8,42)43)17-30-33(36-22-38(30)4)23(3)40(34(41)25-12-13-25)21-26-14-15-29(44-6)18-32(26)45-7/h9,11,14-18,20,22,25,37H,1,10,12-13,19,21H2,2-8H3/b28-11-,30-17+,33-23-. The molecule has 1 N–H and O–H groups in total. The highest BCUT2D eigenvalue weighted by Crippen LogP contribution is 2.34. The molecule has 246 valence electrons. The lowest BCUT2D eigenvalue weighted by atomic mass is 10.1. The smallest absolute Gasteiger partial charge is 0.230 e. The molecule has 0 atom stereocenters. The van der Waals surface area contributed by atoms with Crippen molar-refractivity contribution in [2.75, 3.05) is 32.4 Å². The minimum absolute atomic E-state index is 0.00624. The van der Waals surface area contributed by atoms with Gasteiger partial charge in [0.15, 0.2) is 0 Å². The van der Waals surface area contributed by atoms with E-state index in [4.69, 9.17) is 14.5 Å². The van der Waals surface area contributed by atoms with Gasteiger partial charge in [-0.15, -0.1) is 0 Å². The van der Waals surface area contributed by atoms with Crippen molar-refractivity contribution >= 4 is 33.4 Å². The summed E-state index contributed by atoms with van der Waals surface area (Å²) in [4.78, 5) is 26.8. The number of carbonyl (C=O) groups is 1. The van der Waals surface area contributed by atoms with Crippen LogP contribution in [0.1, 0.15) is 43.5 Å². The van der Waals surface area contributed by atoms with Crippen molar-refractivity contribution in [3.63, 3.8) is 0 Å². The maximum atomic E-state index is 13.7. The molecule has 0 aliphatic heterocycles. The van der Waals surface area contributed by atoms with Crippen LogP contribution in [-0.4, -0.2) is 61.3 Å². The van der Waals surface area contributed by atoms with Crippen molar-refractivity contribution in [1.29, 1.82) is 0 Å². The number of hydrogen-bond acceptors (Lipinski definition) is 8. The predicted molar refractivity (Wildman–Crippen MR) is 181 cm³/mol. The number of imidazole rings is 1. The van der Waals surface area contributed by atoms with E-state index >= 15 is 0 Å². The molecular formula is C34H44N6O5S. The molecule has 0 unspecified atom stereocenters. The Morgan fingerprint density at radius 2 is 1.91 bits per heavy atom. The van der Waals surface area contributed by atoms with Crippen molar-refractivity contribution in [2.45, 2.75) is 46.2 Å². The third-order valence-electron chi connectivity index (χ3n) is 7.99. The summed E-state index contributed by atoms with van der Waals surface area (Å²) in [5.74, 6) is 1.38. The number of rotatable bonds is 14. The van der Waals surface area contributed by atoms with Crippen molar-refractivity contribution in [3.8, 4) is 11.5 Å². The fourth-order valence-electron chi connectivity index (χ4n) is 5.16. The van der Waals surface area contributed by atoms with Crippen molar-refractivity contribution in [3.05, 3.63) is 88.7 Å². The molecule has 1 amide bonds. The van der Waals surface area contributed by atoms with Gasteiger partial charge in [-0.2, -0.15) is 0 Å². The Bertz CT molecular complexity index is 1860. The van der Waals surface area contributed by atoms with Crippen LogP contribution in [0.3, 0.4) is 0 Å². The van der Waals surface area contributed by atoms with E-state index in [1.54, 1.807) is 32.8 Å². The number of benzene rings is 1. The molecule has 3 aromatic rings. The zero-order chi connectivity index (χ0) is 33.6. The summed E-state index contributed by atoms with van der Waals surface area (Å²) < 4.78 is 38.6. The van der Waals surface area contributed by atoms with Crippen LogP contribution in [0.4, 0.5) is 5.69 Å². The second-order valence-electron chi connectivity index (χ2n) is 11.3. The average molecular weight is 649 g/mol. The molecule has 12 heteroatoms. The predicted octanol–water partition coefficient (Wildman–Crippen LogP) is 3.00. The molecular weight excluding hydrogens is 604 g/mol. The molecule has 0 saturated heterocycles. The van der Waals surface area contributed by atoms with Crippen LogP contribution >= 0.6 is 0 Å². The molecule has 2 aromatic heterocycles. The largest absolute Gasteiger partial charge is 0.497 e. The number of allylic oxidation sites excluding steroid dienone is 3. The number of hydrogen-bond donors (Lipinski definition) is 1. The first kappa shape index (κ1) is 34.5. The van der Waals surface area contributed by atoms with Crippen molar-refractivity contribution in [2.24, 2.45) is 13.0 Å². The van der Waals surface area contributed by atoms with E-state index < -0.39 is 10.0 Å². The molecule has 4 rings (SSSR count). The topological polar surface area (TPSA) is 119 Å². The fraction of sp³-hybridized carbons (Fsp3) is 0.382. The Kier molecular flexibility index (Phi) is 11.1. The van der Waals surface area contributed by atoms with E-state index in [1.165, 1.54) is 0 Å². The van der Waals surface area contributed by atoms with E-state index in [1.807, 2.05) is 78.7 Å². The summed E-state index contributed by atoms with van der Waals surface area (Å²) in [5, 5.41) is 1.50. The number of sulfonamides is 1. The van der Waals surface area contributed by atoms with Gasteiger partial charge in [-0.05, 0) is 62.1 Å². The highest BCUT2D eigenvalue weighted by molar-refractivity contribution is 7.88. The first-order chi connectivity index (χ1) is 21.9. The molecule has 1 saturated carbocycles. The molecule has 2 heterocycles. The number of pyridine rings is 1. The highest BCUT2D eigenvalue weighted by atomic mass is 32.2. The second-order valence-corrected chi connectivity index (χ2v) is 13.2. The van der Waals surface area contributed by atoms with Gasteiger partial charge < -0.3 is 23.8 Å². The number of aryl methyl sites for hydroxylation is 2. The summed E-state index contributed by atoms with van der Waals surface area (Å²) in [6.45, 7) is 8.35. The normalized spacial score (nSPS) is 14.6. The Morgan fingerprint density at radius 3 is 2.52 bits per heavy atom. The lowest BCUT2D eigenvalue weighted by molar-refractivity contribution is -0.129. The summed E-state index contributed by atoms with van der Waals surface area (Å²) in [6.07, 6.45) is 12.7. The van der Waals surface area contributed by atoms with Gasteiger partial charge >= 0.3 is 0 Å². The maximum Gasteiger partial charge on any atom is 0.230 e. The first-order valence-corrected chi connectivity index (χ1v) is 17.0. The van der Waals surface area contributed by atoms with E-state index in [2.05, 4.69) is 16.3 Å². The van der Waals surface area contributed by atoms with Gasteiger partial charge in [-0.3, -0.25) is 9.78 Å². The molecule has 1 aromatic carbocycles. The molecule has 0 radical (unpaired) electrons. The number of anilines is 1. The maximum absolute atomic E-state index is 13.7. The Balaban J connectivity index is 1.79. The fourth-order valence-corrected chi connectivity index (χ4v) is 5.57. The summed E-state index contributed by atoms with van der Waals surface area (Å²) in [7, 11) is 3.74. The van der Waals surface area contributed by atoms with E-state index in [0.29, 0.717) is 35.5 Å². The van der Waals surface area contributed by atoms with Crippen molar-refractivity contribution in [1.82, 2.24) is 24.2 Å². The van der Waals surface area contributed by atoms with Crippen LogP contribution in [-0.2, 0) is 41.4 Å². The molecule has 1 fully saturated rings. The van der Waals surface area contributed by atoms with Gasteiger partial charge in [0, 0.05) is 43.0 Å². The molecule has 11 nitrogen and oxygen atoms in total. The minimum Gasteiger partial charge on any atom is -0.497 e. The minimum atomic E-state index is -3.34. The third kappa shape index (κ3) is 8.24. The van der Waals surface area contributed by atoms with Gasteiger partial charge in [-0.1, -0.05) is 19.6 Å². The van der Waals surface area contributed by atoms with Crippen LogP contribution < -0.4 is 29.8 Å². The van der Waals surface area contributed by atoms with Gasteiger partial charge in [0.25, 0.3) is 0 Å². The number of nitrogens with one attached hydrogen (secondary N) is 1. The van der Waals surface area contributed by atoms with Gasteiger partial charge in [-0.25, -0.2) is 18.1 Å². The number of nitrogens with zero attached hydrogens (tertiary/aromatic N) is 5. The quantitative estimate of drug-likeness (QED) is 0.265. The van der Waals surface area contributed by atoms with Gasteiger partial charge in [0.05, 0.1) is 62.8 Å². The van der Waals surface area contributed by atoms with Crippen LogP contribution in [0, 0.1) is 5.92 Å². The lowest BCUT2D eigenvalue weighted by Gasteiger charge is -2.25. The monoisotopic (exact) mass is 648 g/mol. The Hall–Kier alpha value is -4.42. The van der Waals surface area contributed by atoms with Crippen LogP contribution in [0.15, 0.2) is 61.2 Å². The van der Waals surface area contributed by atoms with Crippen LogP contribution in [0.2, 0.25) is 0 Å². The first-order valence-electron chi connectivity index (χ1n) is 15.1. The number of amides is 1. The molecule has 0 bridgehead atoms. The van der Waals surface area contributed by atoms with Gasteiger partial charge in [0.1, 0.15) is 16.8 Å². The number of ether oxygens (including phenoxy) is 2. The van der Waals surface area contributed by atoms with Crippen LogP contribution in [0.5, 0.6) is 11.5 Å². The summed E-state index contributed by atoms with van der Waals surface area (Å²) >= 11 is 0. The zero-order valence-electron chi connectivity index (χ0n) is 27.7.